The van der Waals surface area contributed by atoms with Gasteiger partial charge in [0.2, 0.25) is 5.95 Å². The molecule has 0 spiro atoms. The quantitative estimate of drug-likeness (QED) is 0.721. The summed E-state index contributed by atoms with van der Waals surface area (Å²) >= 11 is 0. The largest absolute Gasteiger partial charge is 0.394 e. The first-order valence-electron chi connectivity index (χ1n) is 4.80. The Hall–Kier alpha value is -1.16. The van der Waals surface area contributed by atoms with E-state index in [1.165, 1.54) is 12.3 Å². The van der Waals surface area contributed by atoms with E-state index in [1.807, 2.05) is 4.90 Å². The summed E-state index contributed by atoms with van der Waals surface area (Å²) in [6.07, 6.45) is 3.48. The molecule has 0 aliphatic carbocycles. The number of anilines is 1. The van der Waals surface area contributed by atoms with Crippen LogP contribution in [-0.4, -0.2) is 29.3 Å². The molecular weight excluding hydrogens is 183 g/mol. The molecule has 14 heavy (non-hydrogen) atoms. The molecule has 3 nitrogen and oxygen atoms in total. The number of halogens is 1. The number of aliphatic hydroxyl groups is 1. The van der Waals surface area contributed by atoms with Crippen LogP contribution in [0.4, 0.5) is 10.1 Å². The van der Waals surface area contributed by atoms with Crippen LogP contribution in [-0.2, 0) is 0 Å². The third-order valence-electron chi connectivity index (χ3n) is 2.63. The van der Waals surface area contributed by atoms with E-state index in [9.17, 15) is 4.39 Å². The lowest BCUT2D eigenvalue weighted by Crippen LogP contribution is -2.32. The van der Waals surface area contributed by atoms with Crippen molar-refractivity contribution in [3.05, 3.63) is 24.3 Å². The van der Waals surface area contributed by atoms with Gasteiger partial charge >= 0.3 is 0 Å². The first-order valence-corrected chi connectivity index (χ1v) is 4.80. The van der Waals surface area contributed by atoms with Crippen LogP contribution in [0.15, 0.2) is 18.3 Å². The second-order valence-electron chi connectivity index (χ2n) is 3.51. The van der Waals surface area contributed by atoms with Crippen LogP contribution in [0.1, 0.15) is 12.8 Å². The summed E-state index contributed by atoms with van der Waals surface area (Å²) in [5, 5.41) is 9.12. The lowest BCUT2D eigenvalue weighted by atomic mass is 10.2. The third kappa shape index (κ3) is 1.70. The van der Waals surface area contributed by atoms with Crippen molar-refractivity contribution in [3.8, 4) is 0 Å². The summed E-state index contributed by atoms with van der Waals surface area (Å²) in [6.45, 7) is 1.01. The normalized spacial score (nSPS) is 21.6. The summed E-state index contributed by atoms with van der Waals surface area (Å²) < 4.78 is 12.9. The van der Waals surface area contributed by atoms with Gasteiger partial charge in [-0.25, -0.2) is 4.98 Å². The van der Waals surface area contributed by atoms with Gasteiger partial charge in [-0.1, -0.05) is 0 Å². The highest BCUT2D eigenvalue weighted by Crippen LogP contribution is 2.24. The Kier molecular flexibility index (Phi) is 2.63. The Balaban J connectivity index is 2.21. The Bertz CT molecular complexity index is 319. The van der Waals surface area contributed by atoms with Crippen LogP contribution in [0.25, 0.3) is 0 Å². The Morgan fingerprint density at radius 3 is 3.21 bits per heavy atom. The van der Waals surface area contributed by atoms with Gasteiger partial charge in [-0.3, -0.25) is 0 Å². The minimum atomic E-state index is -0.467. The SMILES string of the molecule is OCC1CCCN1c1ccnc(F)c1. The first-order chi connectivity index (χ1) is 6.81. The zero-order chi connectivity index (χ0) is 9.97. The maximum atomic E-state index is 12.9. The maximum absolute atomic E-state index is 12.9. The van der Waals surface area contributed by atoms with Gasteiger partial charge in [-0.05, 0) is 18.9 Å². The fourth-order valence-electron chi connectivity index (χ4n) is 1.94. The van der Waals surface area contributed by atoms with Crippen molar-refractivity contribution in [1.82, 2.24) is 4.98 Å². The monoisotopic (exact) mass is 196 g/mol. The van der Waals surface area contributed by atoms with Crippen LogP contribution in [0.2, 0.25) is 0 Å². The van der Waals surface area contributed by atoms with Crippen LogP contribution in [0, 0.1) is 5.95 Å². The Morgan fingerprint density at radius 1 is 1.64 bits per heavy atom. The van der Waals surface area contributed by atoms with E-state index in [0.29, 0.717) is 0 Å². The third-order valence-corrected chi connectivity index (χ3v) is 2.63. The van der Waals surface area contributed by atoms with E-state index in [-0.39, 0.29) is 12.6 Å². The van der Waals surface area contributed by atoms with Crippen LogP contribution < -0.4 is 4.90 Å². The van der Waals surface area contributed by atoms with Gasteiger partial charge in [0.15, 0.2) is 0 Å². The predicted octanol–water partition coefficient (Wildman–Crippen LogP) is 1.18. The van der Waals surface area contributed by atoms with E-state index in [4.69, 9.17) is 5.11 Å². The molecule has 0 aromatic carbocycles. The van der Waals surface area contributed by atoms with Gasteiger partial charge in [0.1, 0.15) is 0 Å². The van der Waals surface area contributed by atoms with Crippen molar-refractivity contribution < 1.29 is 9.50 Å². The molecule has 1 N–H and O–H groups in total. The molecule has 0 saturated carbocycles. The summed E-state index contributed by atoms with van der Waals surface area (Å²) in [6, 6.07) is 3.32. The van der Waals surface area contributed by atoms with Crippen LogP contribution in [0.5, 0.6) is 0 Å². The molecule has 1 atom stereocenters. The highest BCUT2D eigenvalue weighted by Gasteiger charge is 2.23. The summed E-state index contributed by atoms with van der Waals surface area (Å²) in [4.78, 5) is 5.54. The standard InChI is InChI=1S/C10H13FN2O/c11-10-6-8(3-4-12-10)13-5-1-2-9(13)7-14/h3-4,6,9,14H,1-2,5,7H2. The van der Waals surface area contributed by atoms with E-state index in [0.717, 1.165) is 25.1 Å². The minimum absolute atomic E-state index is 0.129. The average Bonchev–Trinajstić information content (AvgIpc) is 2.65. The van der Waals surface area contributed by atoms with Crippen molar-refractivity contribution >= 4 is 5.69 Å². The van der Waals surface area contributed by atoms with Gasteiger partial charge in [-0.2, -0.15) is 4.39 Å². The molecule has 2 rings (SSSR count). The Morgan fingerprint density at radius 2 is 2.50 bits per heavy atom. The predicted molar refractivity (Wildman–Crippen MR) is 51.6 cm³/mol. The molecule has 1 aromatic rings. The number of nitrogens with zero attached hydrogens (tertiary/aromatic N) is 2. The number of aromatic nitrogens is 1. The fourth-order valence-corrected chi connectivity index (χ4v) is 1.94. The van der Waals surface area contributed by atoms with Crippen molar-refractivity contribution in [2.24, 2.45) is 0 Å². The maximum Gasteiger partial charge on any atom is 0.214 e. The molecule has 1 saturated heterocycles. The zero-order valence-corrected chi connectivity index (χ0v) is 7.86. The van der Waals surface area contributed by atoms with Gasteiger partial charge in [0.05, 0.1) is 12.6 Å². The minimum Gasteiger partial charge on any atom is -0.394 e. The van der Waals surface area contributed by atoms with E-state index < -0.39 is 5.95 Å². The molecule has 2 heterocycles. The molecule has 0 amide bonds. The molecule has 1 aliphatic heterocycles. The molecule has 76 valence electrons. The first kappa shape index (κ1) is 9.40. The lowest BCUT2D eigenvalue weighted by molar-refractivity contribution is 0.266. The molecule has 0 radical (unpaired) electrons. The molecule has 1 fully saturated rings. The van der Waals surface area contributed by atoms with Gasteiger partial charge < -0.3 is 10.0 Å². The molecule has 1 unspecified atom stereocenters. The molecule has 1 aromatic heterocycles. The number of rotatable bonds is 2. The highest BCUT2D eigenvalue weighted by molar-refractivity contribution is 5.47. The summed E-state index contributed by atoms with van der Waals surface area (Å²) in [5.74, 6) is -0.467. The fraction of sp³-hybridized carbons (Fsp3) is 0.500. The van der Waals surface area contributed by atoms with Gasteiger partial charge in [-0.15, -0.1) is 0 Å². The number of aliphatic hydroxyl groups excluding tert-OH is 1. The second kappa shape index (κ2) is 3.92. The average molecular weight is 196 g/mol. The topological polar surface area (TPSA) is 36.4 Å². The van der Waals surface area contributed by atoms with E-state index >= 15 is 0 Å². The van der Waals surface area contributed by atoms with Crippen molar-refractivity contribution in [1.29, 1.82) is 0 Å². The van der Waals surface area contributed by atoms with Gasteiger partial charge in [0, 0.05) is 24.5 Å². The van der Waals surface area contributed by atoms with Crippen LogP contribution >= 0.6 is 0 Å². The van der Waals surface area contributed by atoms with Crippen molar-refractivity contribution in [2.45, 2.75) is 18.9 Å². The zero-order valence-electron chi connectivity index (χ0n) is 7.86. The molecule has 1 aliphatic rings. The molecular formula is C10H13FN2O. The lowest BCUT2D eigenvalue weighted by Gasteiger charge is -2.24. The Labute approximate surface area is 82.2 Å². The van der Waals surface area contributed by atoms with Gasteiger partial charge in [0.25, 0.3) is 0 Å². The second-order valence-corrected chi connectivity index (χ2v) is 3.51. The van der Waals surface area contributed by atoms with Crippen LogP contribution in [0.3, 0.4) is 0 Å². The van der Waals surface area contributed by atoms with E-state index in [2.05, 4.69) is 4.98 Å². The number of hydrogen-bond acceptors (Lipinski definition) is 3. The number of pyridine rings is 1. The summed E-state index contributed by atoms with van der Waals surface area (Å²) in [5.41, 5.74) is 0.814. The summed E-state index contributed by atoms with van der Waals surface area (Å²) in [7, 11) is 0. The molecule has 0 bridgehead atoms. The smallest absolute Gasteiger partial charge is 0.214 e. The highest BCUT2D eigenvalue weighted by atomic mass is 19.1. The molecule has 4 heteroatoms. The van der Waals surface area contributed by atoms with E-state index in [1.54, 1.807) is 6.07 Å². The van der Waals surface area contributed by atoms with Crippen molar-refractivity contribution in [2.75, 3.05) is 18.1 Å². The number of hydrogen-bond donors (Lipinski definition) is 1. The van der Waals surface area contributed by atoms with Crippen molar-refractivity contribution in [3.63, 3.8) is 0 Å².